The second-order valence-electron chi connectivity index (χ2n) is 8.35. The molecule has 3 heterocycles. The first-order valence-corrected chi connectivity index (χ1v) is 11.5. The van der Waals surface area contributed by atoms with Gasteiger partial charge >= 0.3 is 0 Å². The smallest absolute Gasteiger partial charge is 0.174 e. The molecule has 172 valence electrons. The quantitative estimate of drug-likeness (QED) is 0.382. The van der Waals surface area contributed by atoms with E-state index in [4.69, 9.17) is 17.0 Å². The molecule has 0 unspecified atom stereocenters. The lowest BCUT2D eigenvalue weighted by Crippen LogP contribution is -2.30. The summed E-state index contributed by atoms with van der Waals surface area (Å²) in [7, 11) is 1.67. The molecular formula is C27H26N4O2S. The lowest BCUT2D eigenvalue weighted by molar-refractivity contribution is 0.414. The summed E-state index contributed by atoms with van der Waals surface area (Å²) in [4.78, 5) is 6.79. The number of anilines is 1. The normalized spacial score (nSPS) is 17.6. The number of aryl methyl sites for hydroxylation is 1. The SMILES string of the molecule is COc1ccccc1N1C(=S)N[C@H](c2ccccn2)[C@H]1c1cc(C)n(-c2ccc(O)cc2)c1C. The van der Waals surface area contributed by atoms with Crippen LogP contribution >= 0.6 is 12.2 Å². The number of para-hydroxylation sites is 2. The number of rotatable bonds is 5. The average molecular weight is 471 g/mol. The molecular weight excluding hydrogens is 444 g/mol. The van der Waals surface area contributed by atoms with Crippen LogP contribution in [-0.4, -0.2) is 26.9 Å². The number of pyridine rings is 1. The fourth-order valence-electron chi connectivity index (χ4n) is 4.85. The first-order chi connectivity index (χ1) is 16.5. The van der Waals surface area contributed by atoms with E-state index in [2.05, 4.69) is 39.7 Å². The van der Waals surface area contributed by atoms with Gasteiger partial charge in [-0.15, -0.1) is 0 Å². The zero-order valence-corrected chi connectivity index (χ0v) is 20.1. The minimum atomic E-state index is -0.146. The van der Waals surface area contributed by atoms with E-state index < -0.39 is 0 Å². The summed E-state index contributed by atoms with van der Waals surface area (Å²) in [5.41, 5.74) is 6.14. The highest BCUT2D eigenvalue weighted by Gasteiger charge is 2.43. The lowest BCUT2D eigenvalue weighted by Gasteiger charge is -2.29. The Morgan fingerprint density at radius 1 is 1.00 bits per heavy atom. The average Bonchev–Trinajstić information content (AvgIpc) is 3.35. The van der Waals surface area contributed by atoms with E-state index in [-0.39, 0.29) is 17.8 Å². The molecule has 1 aliphatic rings. The molecule has 34 heavy (non-hydrogen) atoms. The molecule has 0 amide bonds. The zero-order valence-electron chi connectivity index (χ0n) is 19.3. The molecule has 0 aliphatic carbocycles. The van der Waals surface area contributed by atoms with Crippen LogP contribution in [0.25, 0.3) is 5.69 Å². The van der Waals surface area contributed by atoms with E-state index in [1.165, 1.54) is 0 Å². The highest BCUT2D eigenvalue weighted by atomic mass is 32.1. The molecule has 1 fully saturated rings. The van der Waals surface area contributed by atoms with Crippen LogP contribution in [0.1, 0.15) is 34.7 Å². The third-order valence-corrected chi connectivity index (χ3v) is 6.65. The summed E-state index contributed by atoms with van der Waals surface area (Å²) in [6, 6.07) is 23.0. The van der Waals surface area contributed by atoms with Crippen LogP contribution in [-0.2, 0) is 0 Å². The van der Waals surface area contributed by atoms with Gasteiger partial charge in [-0.1, -0.05) is 18.2 Å². The molecule has 1 aliphatic heterocycles. The number of ether oxygens (including phenoxy) is 1. The molecule has 2 atom stereocenters. The summed E-state index contributed by atoms with van der Waals surface area (Å²) in [6.07, 6.45) is 1.81. The van der Waals surface area contributed by atoms with E-state index in [9.17, 15) is 5.11 Å². The van der Waals surface area contributed by atoms with Crippen molar-refractivity contribution in [2.75, 3.05) is 12.0 Å². The Hall–Kier alpha value is -3.84. The van der Waals surface area contributed by atoms with Gasteiger partial charge < -0.3 is 24.6 Å². The summed E-state index contributed by atoms with van der Waals surface area (Å²) >= 11 is 5.87. The first kappa shape index (κ1) is 22.0. The molecule has 6 nitrogen and oxygen atoms in total. The van der Waals surface area contributed by atoms with Crippen molar-refractivity contribution >= 4 is 23.0 Å². The van der Waals surface area contributed by atoms with Gasteiger partial charge in [-0.25, -0.2) is 0 Å². The van der Waals surface area contributed by atoms with Crippen molar-refractivity contribution in [3.63, 3.8) is 0 Å². The number of phenolic OH excluding ortho intramolecular Hbond substituents is 1. The maximum atomic E-state index is 9.76. The van der Waals surface area contributed by atoms with Gasteiger partial charge in [0.05, 0.1) is 30.6 Å². The highest BCUT2D eigenvalue weighted by molar-refractivity contribution is 7.80. The first-order valence-electron chi connectivity index (χ1n) is 11.1. The number of hydrogen-bond donors (Lipinski definition) is 2. The van der Waals surface area contributed by atoms with Gasteiger partial charge in [0.1, 0.15) is 11.5 Å². The second-order valence-corrected chi connectivity index (χ2v) is 8.73. The molecule has 2 aromatic carbocycles. The van der Waals surface area contributed by atoms with Gasteiger partial charge in [0.15, 0.2) is 5.11 Å². The maximum absolute atomic E-state index is 9.76. The number of hydrogen-bond acceptors (Lipinski definition) is 4. The summed E-state index contributed by atoms with van der Waals surface area (Å²) in [5.74, 6) is 1.00. The number of nitrogens with zero attached hydrogens (tertiary/aromatic N) is 3. The minimum absolute atomic E-state index is 0.143. The van der Waals surface area contributed by atoms with Crippen LogP contribution in [0.15, 0.2) is 79.0 Å². The number of aromatic nitrogens is 2. The largest absolute Gasteiger partial charge is 0.508 e. The van der Waals surface area contributed by atoms with E-state index in [1.807, 2.05) is 60.8 Å². The number of benzene rings is 2. The molecule has 0 bridgehead atoms. The van der Waals surface area contributed by atoms with E-state index in [0.717, 1.165) is 39.8 Å². The van der Waals surface area contributed by atoms with Crippen molar-refractivity contribution < 1.29 is 9.84 Å². The fraction of sp³-hybridized carbons (Fsp3) is 0.185. The number of nitrogens with one attached hydrogen (secondary N) is 1. The maximum Gasteiger partial charge on any atom is 0.174 e. The van der Waals surface area contributed by atoms with Crippen molar-refractivity contribution in [2.45, 2.75) is 25.9 Å². The molecule has 5 rings (SSSR count). The van der Waals surface area contributed by atoms with Gasteiger partial charge in [-0.3, -0.25) is 4.98 Å². The number of aromatic hydroxyl groups is 1. The molecule has 0 saturated carbocycles. The molecule has 0 radical (unpaired) electrons. The van der Waals surface area contributed by atoms with Gasteiger partial charge in [-0.05, 0) is 86.2 Å². The predicted molar refractivity (Wildman–Crippen MR) is 138 cm³/mol. The molecule has 0 spiro atoms. The Bertz CT molecular complexity index is 1330. The lowest BCUT2D eigenvalue weighted by atomic mass is 9.96. The molecule has 2 N–H and O–H groups in total. The van der Waals surface area contributed by atoms with E-state index in [0.29, 0.717) is 5.11 Å². The number of phenols is 1. The Kier molecular flexibility index (Phi) is 5.71. The van der Waals surface area contributed by atoms with E-state index in [1.54, 1.807) is 19.2 Å². The Balaban J connectivity index is 1.70. The third-order valence-electron chi connectivity index (χ3n) is 6.34. The molecule has 7 heteroatoms. The van der Waals surface area contributed by atoms with Crippen molar-refractivity contribution in [1.82, 2.24) is 14.9 Å². The van der Waals surface area contributed by atoms with Crippen LogP contribution < -0.4 is 15.0 Å². The van der Waals surface area contributed by atoms with Gasteiger partial charge in [0.25, 0.3) is 0 Å². The standard InChI is InChI=1S/C27H26N4O2S/c1-17-16-21(18(2)30(17)19-11-13-20(32)14-12-19)26-25(22-8-6-7-15-28-22)29-27(34)31(26)23-9-4-5-10-24(23)33-3/h4-16,25-26,32H,1-3H3,(H,29,34)/t25-,26-/m1/s1. The van der Waals surface area contributed by atoms with Crippen LogP contribution in [0.2, 0.25) is 0 Å². The van der Waals surface area contributed by atoms with Gasteiger partial charge in [-0.2, -0.15) is 0 Å². The van der Waals surface area contributed by atoms with Crippen LogP contribution in [0.5, 0.6) is 11.5 Å². The number of methoxy groups -OCH3 is 1. The fourth-order valence-corrected chi connectivity index (χ4v) is 5.18. The number of thiocarbonyl (C=S) groups is 1. The Morgan fingerprint density at radius 3 is 2.44 bits per heavy atom. The van der Waals surface area contributed by atoms with Crippen LogP contribution in [0.3, 0.4) is 0 Å². The van der Waals surface area contributed by atoms with Gasteiger partial charge in [0.2, 0.25) is 0 Å². The molecule has 2 aromatic heterocycles. The second kappa shape index (κ2) is 8.83. The van der Waals surface area contributed by atoms with Gasteiger partial charge in [0, 0.05) is 23.3 Å². The molecule has 1 saturated heterocycles. The minimum Gasteiger partial charge on any atom is -0.508 e. The Morgan fingerprint density at radius 2 is 1.74 bits per heavy atom. The van der Waals surface area contributed by atoms with Crippen LogP contribution in [0, 0.1) is 13.8 Å². The summed E-state index contributed by atoms with van der Waals surface area (Å²) < 4.78 is 7.90. The Labute approximate surface area is 204 Å². The predicted octanol–water partition coefficient (Wildman–Crippen LogP) is 5.38. The molecule has 4 aromatic rings. The zero-order chi connectivity index (χ0) is 23.8. The van der Waals surface area contributed by atoms with Crippen molar-refractivity contribution in [2.24, 2.45) is 0 Å². The van der Waals surface area contributed by atoms with Crippen molar-refractivity contribution in [1.29, 1.82) is 0 Å². The highest BCUT2D eigenvalue weighted by Crippen LogP contribution is 2.46. The van der Waals surface area contributed by atoms with Crippen LogP contribution in [0.4, 0.5) is 5.69 Å². The van der Waals surface area contributed by atoms with Crippen molar-refractivity contribution in [3.8, 4) is 17.2 Å². The third kappa shape index (κ3) is 3.68. The van der Waals surface area contributed by atoms with Crippen molar-refractivity contribution in [3.05, 3.63) is 102 Å². The summed E-state index contributed by atoms with van der Waals surface area (Å²) in [5, 5.41) is 13.9. The van der Waals surface area contributed by atoms with E-state index >= 15 is 0 Å². The topological polar surface area (TPSA) is 62.5 Å². The summed E-state index contributed by atoms with van der Waals surface area (Å²) in [6.45, 7) is 4.21. The monoisotopic (exact) mass is 470 g/mol.